The fourth-order valence-corrected chi connectivity index (χ4v) is 1.95. The zero-order valence-corrected chi connectivity index (χ0v) is 12.7. The number of anilines is 1. The maximum absolute atomic E-state index is 11.7. The van der Waals surface area contributed by atoms with Crippen molar-refractivity contribution in [1.29, 1.82) is 0 Å². The van der Waals surface area contributed by atoms with Crippen molar-refractivity contribution in [3.8, 4) is 0 Å². The fourth-order valence-electron chi connectivity index (χ4n) is 1.95. The van der Waals surface area contributed by atoms with Gasteiger partial charge in [-0.3, -0.25) is 9.59 Å². The van der Waals surface area contributed by atoms with Crippen molar-refractivity contribution in [2.45, 2.75) is 39.0 Å². The average molecular weight is 305 g/mol. The number of rotatable bonds is 9. The second-order valence-electron chi connectivity index (χ2n) is 4.97. The van der Waals surface area contributed by atoms with Gasteiger partial charge in [-0.1, -0.05) is 44.4 Å². The topological polar surface area (TPSA) is 98.3 Å². The van der Waals surface area contributed by atoms with Gasteiger partial charge in [-0.05, 0) is 12.5 Å². The van der Waals surface area contributed by atoms with Gasteiger partial charge in [0.05, 0.1) is 5.97 Å². The molecule has 0 atom stereocenters. The van der Waals surface area contributed by atoms with Crippen molar-refractivity contribution in [2.75, 3.05) is 11.9 Å². The summed E-state index contributed by atoms with van der Waals surface area (Å²) in [4.78, 5) is 34.3. The second kappa shape index (κ2) is 9.55. The minimum absolute atomic E-state index is 0.115. The van der Waals surface area contributed by atoms with Crippen molar-refractivity contribution >= 4 is 23.5 Å². The molecule has 0 heterocycles. The molecule has 1 aromatic rings. The highest BCUT2D eigenvalue weighted by Crippen LogP contribution is 2.14. The Morgan fingerprint density at radius 2 is 1.77 bits per heavy atom. The Morgan fingerprint density at radius 1 is 1.05 bits per heavy atom. The van der Waals surface area contributed by atoms with Crippen LogP contribution in [0.2, 0.25) is 0 Å². The molecule has 6 heteroatoms. The van der Waals surface area contributed by atoms with E-state index >= 15 is 0 Å². The molecule has 0 bridgehead atoms. The first-order chi connectivity index (χ1) is 10.5. The zero-order chi connectivity index (χ0) is 16.4. The molecule has 1 rings (SSSR count). The zero-order valence-electron chi connectivity index (χ0n) is 12.7. The van der Waals surface area contributed by atoms with Crippen molar-refractivity contribution in [3.63, 3.8) is 0 Å². The Morgan fingerprint density at radius 3 is 2.45 bits per heavy atom. The molecular weight excluding hydrogens is 284 g/mol. The lowest BCUT2D eigenvalue weighted by Crippen LogP contribution is -2.30. The van der Waals surface area contributed by atoms with E-state index in [1.165, 1.54) is 18.2 Å². The monoisotopic (exact) mass is 305 g/mol. The Hall–Kier alpha value is -2.37. The standard InChI is InChI=1S/C16H22N2O4/c1-2-3-4-7-10-17-14(19)11-15(20)18-13-9-6-5-8-12(13)16(21)22/h5-6,8-9H,2-4,7,10-11H2,1H3,(H,17,19)(H,18,20)(H,21,22)/p-1. The van der Waals surface area contributed by atoms with Gasteiger partial charge >= 0.3 is 0 Å². The minimum atomic E-state index is -1.38. The van der Waals surface area contributed by atoms with E-state index in [1.54, 1.807) is 6.07 Å². The fraction of sp³-hybridized carbons (Fsp3) is 0.438. The molecule has 0 aliphatic carbocycles. The van der Waals surface area contributed by atoms with Gasteiger partial charge < -0.3 is 20.5 Å². The van der Waals surface area contributed by atoms with Crippen molar-refractivity contribution in [1.82, 2.24) is 5.32 Å². The van der Waals surface area contributed by atoms with E-state index in [2.05, 4.69) is 17.6 Å². The van der Waals surface area contributed by atoms with Crippen molar-refractivity contribution < 1.29 is 19.5 Å². The second-order valence-corrected chi connectivity index (χ2v) is 4.97. The van der Waals surface area contributed by atoms with Crippen LogP contribution in [0.5, 0.6) is 0 Å². The number of hydrogen-bond acceptors (Lipinski definition) is 4. The molecule has 120 valence electrons. The van der Waals surface area contributed by atoms with Crippen LogP contribution >= 0.6 is 0 Å². The van der Waals surface area contributed by atoms with Gasteiger partial charge in [0.15, 0.2) is 0 Å². The van der Waals surface area contributed by atoms with Gasteiger partial charge in [-0.15, -0.1) is 0 Å². The molecule has 0 radical (unpaired) electrons. The quantitative estimate of drug-likeness (QED) is 0.527. The molecule has 1 aromatic carbocycles. The molecule has 0 saturated heterocycles. The molecule has 0 aromatic heterocycles. The van der Waals surface area contributed by atoms with Gasteiger partial charge in [0.25, 0.3) is 0 Å². The van der Waals surface area contributed by atoms with Gasteiger partial charge in [0.1, 0.15) is 6.42 Å². The third-order valence-electron chi connectivity index (χ3n) is 3.09. The Kier molecular flexibility index (Phi) is 7.67. The predicted molar refractivity (Wildman–Crippen MR) is 81.2 cm³/mol. The van der Waals surface area contributed by atoms with E-state index in [0.29, 0.717) is 6.54 Å². The number of carbonyl (C=O) groups excluding carboxylic acids is 3. The summed E-state index contributed by atoms with van der Waals surface area (Å²) in [6.45, 7) is 2.65. The smallest absolute Gasteiger partial charge is 0.233 e. The third kappa shape index (κ3) is 6.39. The number of carboxylic acid groups (broad SMARTS) is 1. The van der Waals surface area contributed by atoms with Gasteiger partial charge in [0, 0.05) is 17.8 Å². The van der Waals surface area contributed by atoms with Crippen LogP contribution in [0.1, 0.15) is 49.4 Å². The highest BCUT2D eigenvalue weighted by atomic mass is 16.4. The first-order valence-corrected chi connectivity index (χ1v) is 7.41. The van der Waals surface area contributed by atoms with Crippen LogP contribution in [0.3, 0.4) is 0 Å². The van der Waals surface area contributed by atoms with Crippen LogP contribution in [0.4, 0.5) is 5.69 Å². The summed E-state index contributed by atoms with van der Waals surface area (Å²) in [5, 5.41) is 16.0. The number of benzene rings is 1. The summed E-state index contributed by atoms with van der Waals surface area (Å²) in [6, 6.07) is 5.91. The SMILES string of the molecule is CCCCCCNC(=O)CC(=O)Nc1ccccc1C(=O)[O-]. The lowest BCUT2D eigenvalue weighted by Gasteiger charge is -2.11. The number of unbranched alkanes of at least 4 members (excludes halogenated alkanes) is 3. The average Bonchev–Trinajstić information content (AvgIpc) is 2.47. The lowest BCUT2D eigenvalue weighted by atomic mass is 10.1. The molecule has 2 N–H and O–H groups in total. The normalized spacial score (nSPS) is 10.0. The molecule has 22 heavy (non-hydrogen) atoms. The number of hydrogen-bond donors (Lipinski definition) is 2. The summed E-state index contributed by atoms with van der Waals surface area (Å²) < 4.78 is 0. The van der Waals surface area contributed by atoms with Crippen LogP contribution in [0, 0.1) is 0 Å². The molecule has 0 unspecified atom stereocenters. The van der Waals surface area contributed by atoms with Crippen LogP contribution in [0.15, 0.2) is 24.3 Å². The first kappa shape index (κ1) is 17.7. The van der Waals surface area contributed by atoms with Gasteiger partial charge in [-0.2, -0.15) is 0 Å². The summed E-state index contributed by atoms with van der Waals surface area (Å²) in [5.74, 6) is -2.31. The van der Waals surface area contributed by atoms with E-state index < -0.39 is 11.9 Å². The maximum atomic E-state index is 11.7. The number of para-hydroxylation sites is 1. The molecule has 0 aliphatic heterocycles. The summed E-state index contributed by atoms with van der Waals surface area (Å²) in [7, 11) is 0. The van der Waals surface area contributed by atoms with E-state index in [-0.39, 0.29) is 23.6 Å². The maximum Gasteiger partial charge on any atom is 0.233 e. The van der Waals surface area contributed by atoms with E-state index in [4.69, 9.17) is 0 Å². The largest absolute Gasteiger partial charge is 0.545 e. The number of amides is 2. The number of nitrogens with one attached hydrogen (secondary N) is 2. The van der Waals surface area contributed by atoms with Crippen LogP contribution in [-0.2, 0) is 9.59 Å². The summed E-state index contributed by atoms with van der Waals surface area (Å²) in [5.41, 5.74) is 0.0130. The number of carbonyl (C=O) groups is 3. The van der Waals surface area contributed by atoms with E-state index in [0.717, 1.165) is 25.7 Å². The van der Waals surface area contributed by atoms with Gasteiger partial charge in [-0.25, -0.2) is 0 Å². The first-order valence-electron chi connectivity index (χ1n) is 7.41. The van der Waals surface area contributed by atoms with E-state index in [1.807, 2.05) is 0 Å². The molecule has 0 spiro atoms. The Balaban J connectivity index is 2.40. The van der Waals surface area contributed by atoms with Crippen LogP contribution in [0.25, 0.3) is 0 Å². The molecular formula is C16H21N2O4-. The molecule has 0 fully saturated rings. The minimum Gasteiger partial charge on any atom is -0.545 e. The molecule has 0 aliphatic rings. The lowest BCUT2D eigenvalue weighted by molar-refractivity contribution is -0.254. The van der Waals surface area contributed by atoms with Crippen molar-refractivity contribution in [3.05, 3.63) is 29.8 Å². The highest BCUT2D eigenvalue weighted by Gasteiger charge is 2.11. The van der Waals surface area contributed by atoms with Crippen LogP contribution < -0.4 is 15.7 Å². The Bertz CT molecular complexity index is 529. The van der Waals surface area contributed by atoms with Crippen molar-refractivity contribution in [2.24, 2.45) is 0 Å². The molecule has 2 amide bonds. The summed E-state index contributed by atoms with van der Waals surface area (Å²) in [6.07, 6.45) is 3.83. The molecule has 6 nitrogen and oxygen atoms in total. The number of aromatic carboxylic acids is 1. The Labute approximate surface area is 129 Å². The number of carboxylic acids is 1. The third-order valence-corrected chi connectivity index (χ3v) is 3.09. The highest BCUT2D eigenvalue weighted by molar-refractivity contribution is 6.06. The van der Waals surface area contributed by atoms with Crippen LogP contribution in [-0.4, -0.2) is 24.3 Å². The molecule has 0 saturated carbocycles. The van der Waals surface area contributed by atoms with E-state index in [9.17, 15) is 19.5 Å². The van der Waals surface area contributed by atoms with Gasteiger partial charge in [0.2, 0.25) is 11.8 Å². The predicted octanol–water partition coefficient (Wildman–Crippen LogP) is 1.08. The summed E-state index contributed by atoms with van der Waals surface area (Å²) >= 11 is 0.